The second-order valence-corrected chi connectivity index (χ2v) is 8.88. The molecule has 1 aromatic carbocycles. The summed E-state index contributed by atoms with van der Waals surface area (Å²) in [6.07, 6.45) is 1.93. The number of rotatable bonds is 5. The molecule has 1 aliphatic heterocycles. The maximum Gasteiger partial charge on any atom is 0.220 e. The number of benzene rings is 1. The second-order valence-electron chi connectivity index (χ2n) is 6.69. The highest BCUT2D eigenvalue weighted by atomic mass is 32.2. The van der Waals surface area contributed by atoms with Gasteiger partial charge in [-0.15, -0.1) is 0 Å². The number of carbonyl (C=O) groups excluding carboxylic acids is 1. The molecule has 0 spiro atoms. The van der Waals surface area contributed by atoms with Gasteiger partial charge in [-0.2, -0.15) is 0 Å². The highest BCUT2D eigenvalue weighted by Gasteiger charge is 2.39. The van der Waals surface area contributed by atoms with Crippen LogP contribution in [0.2, 0.25) is 0 Å². The maximum absolute atomic E-state index is 13.8. The summed E-state index contributed by atoms with van der Waals surface area (Å²) in [5.41, 5.74) is -0.673. The van der Waals surface area contributed by atoms with E-state index in [1.807, 2.05) is 0 Å². The molecule has 1 aliphatic rings. The van der Waals surface area contributed by atoms with Crippen LogP contribution in [0, 0.1) is 11.6 Å². The van der Waals surface area contributed by atoms with Crippen LogP contribution in [-0.2, 0) is 21.1 Å². The number of oxazole rings is 1. The first-order valence-corrected chi connectivity index (χ1v) is 9.90. The Balaban J connectivity index is 1.59. The summed E-state index contributed by atoms with van der Waals surface area (Å²) in [6, 6.07) is 3.12. The lowest BCUT2D eigenvalue weighted by atomic mass is 10.0. The molecule has 0 saturated carbocycles. The van der Waals surface area contributed by atoms with E-state index in [1.165, 1.54) is 12.3 Å². The number of amides is 1. The summed E-state index contributed by atoms with van der Waals surface area (Å²) < 4.78 is 55.3. The number of aromatic nitrogens is 1. The molecule has 6 nitrogen and oxygen atoms in total. The lowest BCUT2D eigenvalue weighted by molar-refractivity contribution is -0.122. The zero-order chi connectivity index (χ0) is 18.9. The molecule has 26 heavy (non-hydrogen) atoms. The van der Waals surface area contributed by atoms with Crippen LogP contribution >= 0.6 is 0 Å². The Morgan fingerprint density at radius 3 is 2.81 bits per heavy atom. The van der Waals surface area contributed by atoms with Gasteiger partial charge in [0.05, 0.1) is 28.8 Å². The molecule has 140 valence electrons. The second kappa shape index (κ2) is 6.79. The number of sulfone groups is 1. The standard InChI is InChI=1S/C17H18F2N2O4S/c1-17(6-7-26(23,24)10-17)21-15(22)4-5-16-20-9-14(25-16)12-3-2-11(18)8-13(12)19/h2-3,8-9H,4-7,10H2,1H3,(H,21,22). The maximum atomic E-state index is 13.8. The molecule has 0 bridgehead atoms. The van der Waals surface area contributed by atoms with Crippen molar-refractivity contribution in [3.05, 3.63) is 41.9 Å². The van der Waals surface area contributed by atoms with Crippen LogP contribution in [0.25, 0.3) is 11.3 Å². The predicted octanol–water partition coefficient (Wildman–Crippen LogP) is 2.25. The molecule has 2 heterocycles. The smallest absolute Gasteiger partial charge is 0.220 e. The van der Waals surface area contributed by atoms with Gasteiger partial charge in [-0.3, -0.25) is 4.79 Å². The number of hydrogen-bond acceptors (Lipinski definition) is 5. The van der Waals surface area contributed by atoms with Gasteiger partial charge in [0, 0.05) is 18.9 Å². The van der Waals surface area contributed by atoms with Gasteiger partial charge in [-0.25, -0.2) is 22.2 Å². The molecular weight excluding hydrogens is 366 g/mol. The molecule has 1 aromatic heterocycles. The SMILES string of the molecule is CC1(NC(=O)CCc2ncc(-c3ccc(F)cc3F)o2)CCS(=O)(=O)C1. The lowest BCUT2D eigenvalue weighted by Gasteiger charge is -2.23. The minimum absolute atomic E-state index is 0.0570. The van der Waals surface area contributed by atoms with Gasteiger partial charge in [0.25, 0.3) is 0 Å². The van der Waals surface area contributed by atoms with Crippen LogP contribution in [-0.4, -0.2) is 36.4 Å². The summed E-state index contributed by atoms with van der Waals surface area (Å²) in [5.74, 6) is -1.38. The third-order valence-corrected chi connectivity index (χ3v) is 6.16. The van der Waals surface area contributed by atoms with Gasteiger partial charge in [0.1, 0.15) is 11.6 Å². The molecule has 2 aromatic rings. The largest absolute Gasteiger partial charge is 0.441 e. The summed E-state index contributed by atoms with van der Waals surface area (Å²) in [6.45, 7) is 1.70. The Kier molecular flexibility index (Phi) is 4.83. The van der Waals surface area contributed by atoms with Crippen molar-refractivity contribution in [1.82, 2.24) is 10.3 Å². The normalized spacial score (nSPS) is 21.7. The van der Waals surface area contributed by atoms with Crippen molar-refractivity contribution in [2.75, 3.05) is 11.5 Å². The van der Waals surface area contributed by atoms with Gasteiger partial charge in [0.2, 0.25) is 5.91 Å². The third kappa shape index (κ3) is 4.27. The molecule has 0 radical (unpaired) electrons. The molecule has 1 unspecified atom stereocenters. The highest BCUT2D eigenvalue weighted by molar-refractivity contribution is 7.91. The average Bonchev–Trinajstić information content (AvgIpc) is 3.09. The Bertz CT molecular complexity index is 942. The topological polar surface area (TPSA) is 89.3 Å². The van der Waals surface area contributed by atoms with E-state index in [0.717, 1.165) is 12.1 Å². The van der Waals surface area contributed by atoms with E-state index in [4.69, 9.17) is 4.42 Å². The number of aryl methyl sites for hydroxylation is 1. The summed E-state index contributed by atoms with van der Waals surface area (Å²) in [4.78, 5) is 16.1. The van der Waals surface area contributed by atoms with Crippen LogP contribution in [0.15, 0.2) is 28.8 Å². The van der Waals surface area contributed by atoms with E-state index < -0.39 is 27.0 Å². The lowest BCUT2D eigenvalue weighted by Crippen LogP contribution is -2.47. The van der Waals surface area contributed by atoms with Gasteiger partial charge < -0.3 is 9.73 Å². The van der Waals surface area contributed by atoms with Gasteiger partial charge in [-0.1, -0.05) is 0 Å². The van der Waals surface area contributed by atoms with E-state index in [1.54, 1.807) is 6.92 Å². The first-order valence-electron chi connectivity index (χ1n) is 8.07. The van der Waals surface area contributed by atoms with Crippen molar-refractivity contribution in [2.24, 2.45) is 0 Å². The Morgan fingerprint density at radius 1 is 1.38 bits per heavy atom. The number of nitrogens with one attached hydrogen (secondary N) is 1. The first kappa shape index (κ1) is 18.5. The first-order chi connectivity index (χ1) is 12.2. The van der Waals surface area contributed by atoms with Gasteiger partial charge >= 0.3 is 0 Å². The minimum Gasteiger partial charge on any atom is -0.441 e. The van der Waals surface area contributed by atoms with Gasteiger partial charge in [0.15, 0.2) is 21.5 Å². The Hall–Kier alpha value is -2.29. The number of carbonyl (C=O) groups is 1. The number of hydrogen-bond donors (Lipinski definition) is 1. The molecular formula is C17H18F2N2O4S. The predicted molar refractivity (Wildman–Crippen MR) is 90.0 cm³/mol. The molecule has 1 atom stereocenters. The summed E-state index contributed by atoms with van der Waals surface area (Å²) >= 11 is 0. The zero-order valence-corrected chi connectivity index (χ0v) is 14.9. The highest BCUT2D eigenvalue weighted by Crippen LogP contribution is 2.25. The molecule has 1 N–H and O–H groups in total. The molecule has 1 saturated heterocycles. The third-order valence-electron chi connectivity index (χ3n) is 4.26. The van der Waals surface area contributed by atoms with Crippen LogP contribution in [0.1, 0.15) is 25.7 Å². The fourth-order valence-corrected chi connectivity index (χ4v) is 5.06. The van der Waals surface area contributed by atoms with Crippen molar-refractivity contribution in [1.29, 1.82) is 0 Å². The molecule has 1 amide bonds. The van der Waals surface area contributed by atoms with Crippen LogP contribution < -0.4 is 5.32 Å². The fourth-order valence-electron chi connectivity index (χ4n) is 2.97. The number of nitrogens with zero attached hydrogens (tertiary/aromatic N) is 1. The van der Waals surface area contributed by atoms with Crippen LogP contribution in [0.3, 0.4) is 0 Å². The fraction of sp³-hybridized carbons (Fsp3) is 0.412. The van der Waals surface area contributed by atoms with Crippen LogP contribution in [0.5, 0.6) is 0 Å². The molecule has 0 aliphatic carbocycles. The van der Waals surface area contributed by atoms with Crippen molar-refractivity contribution in [2.45, 2.75) is 31.7 Å². The number of halogens is 2. The Morgan fingerprint density at radius 2 is 2.15 bits per heavy atom. The molecule has 1 fully saturated rings. The van der Waals surface area contributed by atoms with Crippen molar-refractivity contribution >= 4 is 15.7 Å². The quantitative estimate of drug-likeness (QED) is 0.854. The Labute approximate surface area is 149 Å². The monoisotopic (exact) mass is 384 g/mol. The van der Waals surface area contributed by atoms with Crippen molar-refractivity contribution in [3.63, 3.8) is 0 Å². The average molecular weight is 384 g/mol. The zero-order valence-electron chi connectivity index (χ0n) is 14.1. The minimum atomic E-state index is -3.11. The van der Waals surface area contributed by atoms with Crippen molar-refractivity contribution in [3.8, 4) is 11.3 Å². The molecule has 3 rings (SSSR count). The van der Waals surface area contributed by atoms with E-state index >= 15 is 0 Å². The van der Waals surface area contributed by atoms with E-state index in [0.29, 0.717) is 6.42 Å². The van der Waals surface area contributed by atoms with E-state index in [9.17, 15) is 22.0 Å². The van der Waals surface area contributed by atoms with E-state index in [-0.39, 0.29) is 47.5 Å². The summed E-state index contributed by atoms with van der Waals surface area (Å²) in [7, 11) is -3.11. The molecule has 9 heteroatoms. The van der Waals surface area contributed by atoms with Crippen molar-refractivity contribution < 1.29 is 26.4 Å². The summed E-state index contributed by atoms with van der Waals surface area (Å²) in [5, 5.41) is 2.75. The van der Waals surface area contributed by atoms with E-state index in [2.05, 4.69) is 10.3 Å². The van der Waals surface area contributed by atoms with Gasteiger partial charge in [-0.05, 0) is 25.5 Å². The van der Waals surface area contributed by atoms with Crippen LogP contribution in [0.4, 0.5) is 8.78 Å².